The van der Waals surface area contributed by atoms with Gasteiger partial charge >= 0.3 is 11.9 Å². The van der Waals surface area contributed by atoms with Gasteiger partial charge in [-0.3, -0.25) is 9.59 Å². The number of carbonyl (C=O) groups is 2. The van der Waals surface area contributed by atoms with E-state index in [1.807, 2.05) is 0 Å². The quantitative estimate of drug-likeness (QED) is 0.433. The normalized spacial score (nSPS) is 15.1. The van der Waals surface area contributed by atoms with Gasteiger partial charge in [-0.25, -0.2) is 4.21 Å². The first-order valence-electron chi connectivity index (χ1n) is 3.87. The Morgan fingerprint density at radius 3 is 2.00 bits per heavy atom. The van der Waals surface area contributed by atoms with Crippen LogP contribution in [0, 0.1) is 11.8 Å². The Kier molecular flexibility index (Phi) is 5.32. The van der Waals surface area contributed by atoms with Gasteiger partial charge in [-0.1, -0.05) is 6.92 Å². The van der Waals surface area contributed by atoms with Crippen molar-refractivity contribution in [2.24, 2.45) is 11.8 Å². The lowest BCUT2D eigenvalue weighted by atomic mass is 9.97. The Labute approximate surface area is 83.2 Å². The van der Waals surface area contributed by atoms with Gasteiger partial charge in [0, 0.05) is 0 Å². The number of hydrogen-bond donors (Lipinski definition) is 3. The zero-order valence-electron chi connectivity index (χ0n) is 7.54. The van der Waals surface area contributed by atoms with E-state index in [9.17, 15) is 13.8 Å². The van der Waals surface area contributed by atoms with Crippen LogP contribution in [0.5, 0.6) is 0 Å². The smallest absolute Gasteiger partial charge is 0.317 e. The molecule has 0 aliphatic carbocycles. The fraction of sp³-hybridized carbons (Fsp3) is 0.714. The summed E-state index contributed by atoms with van der Waals surface area (Å²) in [7, 11) is 0. The summed E-state index contributed by atoms with van der Waals surface area (Å²) in [5.74, 6) is -4.88. The molecule has 7 heteroatoms. The van der Waals surface area contributed by atoms with Crippen LogP contribution < -0.4 is 0 Å². The highest BCUT2D eigenvalue weighted by atomic mass is 32.2. The molecule has 0 aromatic heterocycles. The van der Waals surface area contributed by atoms with E-state index in [1.165, 1.54) is 6.92 Å². The average molecular weight is 224 g/mol. The molecule has 0 fully saturated rings. The Hall–Kier alpha value is -0.950. The van der Waals surface area contributed by atoms with E-state index in [4.69, 9.17) is 14.8 Å². The summed E-state index contributed by atoms with van der Waals surface area (Å²) in [6.07, 6.45) is -0.142. The molecule has 14 heavy (non-hydrogen) atoms. The zero-order chi connectivity index (χ0) is 11.3. The third-order valence-corrected chi connectivity index (χ3v) is 2.52. The van der Waals surface area contributed by atoms with Crippen molar-refractivity contribution in [1.82, 2.24) is 0 Å². The molecule has 0 aliphatic heterocycles. The van der Waals surface area contributed by atoms with Crippen molar-refractivity contribution in [1.29, 1.82) is 0 Å². The Morgan fingerprint density at radius 2 is 1.71 bits per heavy atom. The first-order chi connectivity index (χ1) is 6.34. The van der Waals surface area contributed by atoms with Crippen molar-refractivity contribution in [3.63, 3.8) is 0 Å². The molecular weight excluding hydrogens is 212 g/mol. The van der Waals surface area contributed by atoms with Gasteiger partial charge < -0.3 is 14.8 Å². The van der Waals surface area contributed by atoms with Crippen LogP contribution in [0.4, 0.5) is 0 Å². The molecule has 3 N–H and O–H groups in total. The van der Waals surface area contributed by atoms with Gasteiger partial charge in [-0.15, -0.1) is 0 Å². The predicted molar refractivity (Wildman–Crippen MR) is 48.2 cm³/mol. The molecule has 0 aromatic carbocycles. The van der Waals surface area contributed by atoms with Crippen molar-refractivity contribution >= 4 is 23.0 Å². The summed E-state index contributed by atoms with van der Waals surface area (Å²) in [5.41, 5.74) is 0. The van der Waals surface area contributed by atoms with Crippen LogP contribution in [-0.2, 0) is 20.7 Å². The number of rotatable bonds is 6. The van der Waals surface area contributed by atoms with E-state index in [0.717, 1.165) is 0 Å². The first kappa shape index (κ1) is 13.1. The second-order valence-corrected chi connectivity index (χ2v) is 4.03. The second-order valence-electron chi connectivity index (χ2n) is 3.06. The molecule has 0 rings (SSSR count). The Morgan fingerprint density at radius 1 is 1.29 bits per heavy atom. The molecule has 0 radical (unpaired) electrons. The number of aliphatic carboxylic acids is 2. The minimum Gasteiger partial charge on any atom is -0.481 e. The summed E-state index contributed by atoms with van der Waals surface area (Å²) in [4.78, 5) is 20.9. The van der Waals surface area contributed by atoms with Gasteiger partial charge in [-0.2, -0.15) is 0 Å². The van der Waals surface area contributed by atoms with Crippen molar-refractivity contribution in [3.05, 3.63) is 0 Å². The molecule has 0 spiro atoms. The van der Waals surface area contributed by atoms with E-state index in [1.54, 1.807) is 0 Å². The van der Waals surface area contributed by atoms with Crippen LogP contribution in [0.25, 0.3) is 0 Å². The van der Waals surface area contributed by atoms with Gasteiger partial charge in [0.2, 0.25) is 0 Å². The monoisotopic (exact) mass is 224 g/mol. The lowest BCUT2D eigenvalue weighted by Crippen LogP contribution is -2.26. The minimum absolute atomic E-state index is 0.114. The van der Waals surface area contributed by atoms with Gasteiger partial charge in [0.05, 0.1) is 5.75 Å². The third-order valence-electron chi connectivity index (χ3n) is 1.66. The molecule has 0 bridgehead atoms. The van der Waals surface area contributed by atoms with Crippen LogP contribution in [0.2, 0.25) is 0 Å². The summed E-state index contributed by atoms with van der Waals surface area (Å²) in [6.45, 7) is 1.53. The Balaban J connectivity index is 4.23. The van der Waals surface area contributed by atoms with Gasteiger partial charge in [0.25, 0.3) is 0 Å². The second kappa shape index (κ2) is 5.71. The maximum Gasteiger partial charge on any atom is 0.317 e. The number of hydrogen-bond acceptors (Lipinski definition) is 3. The van der Waals surface area contributed by atoms with Crippen LogP contribution in [0.1, 0.15) is 13.3 Å². The lowest BCUT2D eigenvalue weighted by Gasteiger charge is -2.12. The number of carboxylic acid groups (broad SMARTS) is 2. The highest BCUT2D eigenvalue weighted by molar-refractivity contribution is 7.79. The van der Waals surface area contributed by atoms with Crippen molar-refractivity contribution in [3.8, 4) is 0 Å². The number of carboxylic acids is 2. The molecule has 2 atom stereocenters. The molecule has 0 aliphatic rings. The lowest BCUT2D eigenvalue weighted by molar-refractivity contribution is -0.155. The molecule has 6 nitrogen and oxygen atoms in total. The van der Waals surface area contributed by atoms with E-state index in [0.29, 0.717) is 0 Å². The third kappa shape index (κ3) is 4.93. The highest BCUT2D eigenvalue weighted by Gasteiger charge is 2.28. The fourth-order valence-corrected chi connectivity index (χ4v) is 1.64. The molecule has 82 valence electrons. The molecule has 2 unspecified atom stereocenters. The molecule has 0 aromatic rings. The zero-order valence-corrected chi connectivity index (χ0v) is 8.36. The van der Waals surface area contributed by atoms with Crippen molar-refractivity contribution < 1.29 is 28.6 Å². The molecule has 0 saturated carbocycles. The fourth-order valence-electron chi connectivity index (χ4n) is 1.02. The van der Waals surface area contributed by atoms with E-state index >= 15 is 0 Å². The van der Waals surface area contributed by atoms with E-state index in [-0.39, 0.29) is 12.2 Å². The standard InChI is InChI=1S/C7H12O6S/c1-4(3-14(12)13)2-5(6(8)9)7(10)11/h4-5H,2-3H2,1H3,(H,8,9)(H,10,11)(H,12,13). The largest absolute Gasteiger partial charge is 0.481 e. The molecular formula is C7H12O6S. The van der Waals surface area contributed by atoms with Crippen molar-refractivity contribution in [2.75, 3.05) is 5.75 Å². The van der Waals surface area contributed by atoms with Gasteiger partial charge in [0.15, 0.2) is 17.0 Å². The molecule has 0 amide bonds. The topological polar surface area (TPSA) is 112 Å². The maximum atomic E-state index is 10.4. The Bertz CT molecular complexity index is 237. The van der Waals surface area contributed by atoms with Gasteiger partial charge in [-0.05, 0) is 12.3 Å². The SMILES string of the molecule is CC(CC(C(=O)O)C(=O)O)CS(=O)O. The van der Waals surface area contributed by atoms with Crippen LogP contribution >= 0.6 is 0 Å². The maximum absolute atomic E-state index is 10.4. The van der Waals surface area contributed by atoms with Gasteiger partial charge in [0.1, 0.15) is 0 Å². The summed E-state index contributed by atoms with van der Waals surface area (Å²) < 4.78 is 18.8. The van der Waals surface area contributed by atoms with E-state index < -0.39 is 34.9 Å². The first-order valence-corrected chi connectivity index (χ1v) is 5.15. The van der Waals surface area contributed by atoms with E-state index in [2.05, 4.69) is 0 Å². The van der Waals surface area contributed by atoms with Crippen LogP contribution in [0.15, 0.2) is 0 Å². The predicted octanol–water partition coefficient (Wildman–Crippen LogP) is 0.0197. The molecule has 0 heterocycles. The highest BCUT2D eigenvalue weighted by Crippen LogP contribution is 2.13. The van der Waals surface area contributed by atoms with Crippen LogP contribution in [0.3, 0.4) is 0 Å². The average Bonchev–Trinajstić information content (AvgIpc) is 1.97. The summed E-state index contributed by atoms with van der Waals surface area (Å²) in [6, 6.07) is 0. The summed E-state index contributed by atoms with van der Waals surface area (Å²) >= 11 is -2.02. The summed E-state index contributed by atoms with van der Waals surface area (Å²) in [5, 5.41) is 17.0. The molecule has 0 saturated heterocycles. The van der Waals surface area contributed by atoms with Crippen LogP contribution in [-0.4, -0.2) is 36.7 Å². The minimum atomic E-state index is -2.02. The van der Waals surface area contributed by atoms with Crippen molar-refractivity contribution in [2.45, 2.75) is 13.3 Å².